The Morgan fingerprint density at radius 1 is 0.853 bits per heavy atom. The molecule has 3 aliphatic rings. The first-order valence-electron chi connectivity index (χ1n) is 11.7. The molecule has 4 heteroatoms. The Morgan fingerprint density at radius 2 is 1.41 bits per heavy atom. The summed E-state index contributed by atoms with van der Waals surface area (Å²) >= 11 is 0. The third-order valence-electron chi connectivity index (χ3n) is 6.12. The number of hydrogen-bond acceptors (Lipinski definition) is 2. The maximum absolute atomic E-state index is 6.08. The number of ether oxygens (including phenoxy) is 1. The maximum atomic E-state index is 6.08. The standard InChI is InChI=1S/C23H26NOP.C5H8.2CH3.Fe/c1-17(2)21-16-25-23(24-21)20-14-9-15-22(20)26(18-10-5-3-6-11-18)19-12-7-4-8-13-19;1-2-4-5-3-1;;;/h3-8,10-13,15,17,20-21H,9,14,16H2,1-2H3;1-2H,3-5H2;2*1H3;/q;;2*-1;+2/t20?,21-;;;;/m1..../s1. The quantitative estimate of drug-likeness (QED) is 0.174. The van der Waals surface area contributed by atoms with Gasteiger partial charge >= 0.3 is 17.1 Å². The summed E-state index contributed by atoms with van der Waals surface area (Å²) in [6.45, 7) is 5.20. The van der Waals surface area contributed by atoms with Crippen LogP contribution in [0.2, 0.25) is 0 Å². The normalized spacial score (nSPS) is 20.2. The Labute approximate surface area is 220 Å². The molecule has 0 bridgehead atoms. The first-order chi connectivity index (χ1) is 15.2. The summed E-state index contributed by atoms with van der Waals surface area (Å²) in [6.07, 6.45) is 13.2. The molecular weight excluding hydrogens is 477 g/mol. The molecule has 0 saturated carbocycles. The van der Waals surface area contributed by atoms with E-state index in [1.165, 1.54) is 35.2 Å². The van der Waals surface area contributed by atoms with E-state index in [0.29, 0.717) is 17.9 Å². The molecule has 2 atom stereocenters. The van der Waals surface area contributed by atoms with Gasteiger partial charge in [0, 0.05) is 0 Å². The molecule has 34 heavy (non-hydrogen) atoms. The van der Waals surface area contributed by atoms with Gasteiger partial charge in [-0.2, -0.15) is 0 Å². The van der Waals surface area contributed by atoms with E-state index in [0.717, 1.165) is 25.3 Å². The van der Waals surface area contributed by atoms with Crippen molar-refractivity contribution in [1.82, 2.24) is 0 Å². The number of allylic oxidation sites excluding steroid dienone is 3. The molecule has 0 radical (unpaired) electrons. The van der Waals surface area contributed by atoms with Crippen molar-refractivity contribution in [2.24, 2.45) is 16.8 Å². The zero-order valence-electron chi connectivity index (χ0n) is 21.1. The molecule has 0 amide bonds. The molecule has 1 heterocycles. The smallest absolute Gasteiger partial charge is 0.478 e. The average Bonchev–Trinajstić information content (AvgIpc) is 3.58. The molecule has 2 aliphatic carbocycles. The number of hydrogen-bond donors (Lipinski definition) is 0. The van der Waals surface area contributed by atoms with Crippen LogP contribution in [0.1, 0.15) is 46.0 Å². The summed E-state index contributed by atoms with van der Waals surface area (Å²) in [5, 5.41) is 4.33. The predicted molar refractivity (Wildman–Crippen MR) is 148 cm³/mol. The van der Waals surface area contributed by atoms with Crippen molar-refractivity contribution in [3.05, 3.63) is 99.1 Å². The van der Waals surface area contributed by atoms with Gasteiger partial charge < -0.3 is 19.6 Å². The summed E-state index contributed by atoms with van der Waals surface area (Å²) in [6, 6.07) is 22.2. The van der Waals surface area contributed by atoms with Crippen LogP contribution in [0.5, 0.6) is 0 Å². The first-order valence-corrected chi connectivity index (χ1v) is 13.0. The second-order valence-electron chi connectivity index (χ2n) is 8.76. The van der Waals surface area contributed by atoms with Crippen LogP contribution < -0.4 is 10.6 Å². The van der Waals surface area contributed by atoms with Crippen LogP contribution in [-0.2, 0) is 21.8 Å². The van der Waals surface area contributed by atoms with Gasteiger partial charge in [-0.1, -0.05) is 92.7 Å². The van der Waals surface area contributed by atoms with Crippen molar-refractivity contribution >= 4 is 24.4 Å². The summed E-state index contributed by atoms with van der Waals surface area (Å²) in [5.74, 6) is 1.85. The van der Waals surface area contributed by atoms with Gasteiger partial charge in [0.25, 0.3) is 0 Å². The molecule has 2 aromatic carbocycles. The van der Waals surface area contributed by atoms with Gasteiger partial charge in [0.1, 0.15) is 6.61 Å². The molecule has 0 saturated heterocycles. The van der Waals surface area contributed by atoms with Crippen molar-refractivity contribution in [2.75, 3.05) is 6.61 Å². The largest absolute Gasteiger partial charge is 2.00 e. The van der Waals surface area contributed by atoms with Crippen LogP contribution in [0.3, 0.4) is 0 Å². The summed E-state index contributed by atoms with van der Waals surface area (Å²) in [5.41, 5.74) is 0. The Bertz CT molecular complexity index is 878. The molecule has 2 aromatic rings. The molecule has 184 valence electrons. The topological polar surface area (TPSA) is 21.6 Å². The number of rotatable bonds is 5. The van der Waals surface area contributed by atoms with Gasteiger partial charge in [-0.15, -0.1) is 0 Å². The zero-order valence-corrected chi connectivity index (χ0v) is 23.1. The van der Waals surface area contributed by atoms with Gasteiger partial charge in [0.15, 0.2) is 5.90 Å². The second-order valence-corrected chi connectivity index (χ2v) is 11.0. The molecule has 1 aliphatic heterocycles. The molecule has 0 fully saturated rings. The summed E-state index contributed by atoms with van der Waals surface area (Å²) in [7, 11) is -0.537. The summed E-state index contributed by atoms with van der Waals surface area (Å²) in [4.78, 5) is 4.95. The number of aliphatic imine (C=N–C) groups is 1. The molecule has 0 spiro atoms. The molecule has 5 rings (SSSR count). The molecule has 1 unspecified atom stereocenters. The van der Waals surface area contributed by atoms with E-state index >= 15 is 0 Å². The fraction of sp³-hybridized carbons (Fsp3) is 0.367. The van der Waals surface area contributed by atoms with E-state index in [9.17, 15) is 0 Å². The zero-order chi connectivity index (χ0) is 21.5. The van der Waals surface area contributed by atoms with Crippen LogP contribution >= 0.6 is 7.92 Å². The SMILES string of the molecule is C1=CCCC1.CC(C)[C@H]1COC(C2CCC=C2P(c2ccccc2)c2ccccc2)=N1.[CH3-].[CH3-].[Fe+2]. The van der Waals surface area contributed by atoms with E-state index in [2.05, 4.69) is 92.7 Å². The van der Waals surface area contributed by atoms with Crippen molar-refractivity contribution in [2.45, 2.75) is 52.0 Å². The van der Waals surface area contributed by atoms with Crippen LogP contribution in [0, 0.1) is 26.7 Å². The van der Waals surface area contributed by atoms with E-state index < -0.39 is 7.92 Å². The van der Waals surface area contributed by atoms with Gasteiger partial charge in [0.05, 0.1) is 12.0 Å². The predicted octanol–water partition coefficient (Wildman–Crippen LogP) is 7.49. The third kappa shape index (κ3) is 7.67. The minimum atomic E-state index is -0.537. The van der Waals surface area contributed by atoms with Crippen LogP contribution in [0.4, 0.5) is 0 Å². The van der Waals surface area contributed by atoms with E-state index in [1.54, 1.807) is 0 Å². The Morgan fingerprint density at radius 3 is 1.85 bits per heavy atom. The van der Waals surface area contributed by atoms with Crippen LogP contribution in [0.15, 0.2) is 89.2 Å². The van der Waals surface area contributed by atoms with Crippen molar-refractivity contribution in [3.8, 4) is 0 Å². The third-order valence-corrected chi connectivity index (χ3v) is 8.76. The fourth-order valence-electron chi connectivity index (χ4n) is 4.32. The minimum absolute atomic E-state index is 0. The van der Waals surface area contributed by atoms with E-state index in [1.807, 2.05) is 0 Å². The van der Waals surface area contributed by atoms with Crippen LogP contribution in [-0.4, -0.2) is 18.5 Å². The second kappa shape index (κ2) is 15.4. The molecule has 2 nitrogen and oxygen atoms in total. The first kappa shape index (κ1) is 30.4. The Balaban J connectivity index is 0.000000646. The maximum Gasteiger partial charge on any atom is 2.00 e. The fourth-order valence-corrected chi connectivity index (χ4v) is 7.01. The van der Waals surface area contributed by atoms with Gasteiger partial charge in [-0.3, -0.25) is 0 Å². The molecule has 0 N–H and O–H groups in total. The Hall–Kier alpha value is -1.66. The monoisotopic (exact) mass is 517 g/mol. The average molecular weight is 517 g/mol. The number of nitrogens with zero attached hydrogens (tertiary/aromatic N) is 1. The van der Waals surface area contributed by atoms with Crippen LogP contribution in [0.25, 0.3) is 0 Å². The van der Waals surface area contributed by atoms with Crippen molar-refractivity contribution in [1.29, 1.82) is 0 Å². The van der Waals surface area contributed by atoms with Gasteiger partial charge in [-0.25, -0.2) is 4.99 Å². The van der Waals surface area contributed by atoms with E-state index in [-0.39, 0.29) is 31.9 Å². The van der Waals surface area contributed by atoms with Gasteiger partial charge in [-0.05, 0) is 61.9 Å². The number of benzene rings is 2. The summed E-state index contributed by atoms with van der Waals surface area (Å²) < 4.78 is 6.08. The Kier molecular flexibility index (Phi) is 13.7. The van der Waals surface area contributed by atoms with E-state index in [4.69, 9.17) is 9.73 Å². The van der Waals surface area contributed by atoms with Crippen molar-refractivity contribution < 1.29 is 21.8 Å². The van der Waals surface area contributed by atoms with Crippen molar-refractivity contribution in [3.63, 3.8) is 0 Å². The molecule has 0 aromatic heterocycles. The minimum Gasteiger partial charge on any atom is -0.478 e. The van der Waals surface area contributed by atoms with Gasteiger partial charge in [0.2, 0.25) is 0 Å². The molecular formula is C30H40FeNOP.